The van der Waals surface area contributed by atoms with E-state index in [1.807, 2.05) is 48.5 Å². The molecule has 0 fully saturated rings. The Kier molecular flexibility index (Phi) is 5.70. The first-order valence-electron chi connectivity index (χ1n) is 9.41. The zero-order valence-electron chi connectivity index (χ0n) is 16.0. The van der Waals surface area contributed by atoms with E-state index in [0.29, 0.717) is 0 Å². The lowest BCUT2D eigenvalue weighted by atomic mass is 10.0. The normalized spacial score (nSPS) is 9.80. The van der Waals surface area contributed by atoms with Crippen LogP contribution in [-0.4, -0.2) is 0 Å². The van der Waals surface area contributed by atoms with Crippen molar-refractivity contribution in [1.29, 1.82) is 0 Å². The number of hydrogen-bond acceptors (Lipinski definition) is 0. The summed E-state index contributed by atoms with van der Waals surface area (Å²) in [7, 11) is 0. The smallest absolute Gasteiger partial charge is 0.123 e. The van der Waals surface area contributed by atoms with Crippen molar-refractivity contribution in [3.63, 3.8) is 0 Å². The van der Waals surface area contributed by atoms with Gasteiger partial charge in [-0.15, -0.1) is 0 Å². The van der Waals surface area contributed by atoms with Gasteiger partial charge in [0.1, 0.15) is 11.6 Å². The second-order valence-corrected chi connectivity index (χ2v) is 6.67. The van der Waals surface area contributed by atoms with Gasteiger partial charge in [-0.2, -0.15) is 0 Å². The van der Waals surface area contributed by atoms with Crippen LogP contribution in [0, 0.1) is 35.3 Å². The highest BCUT2D eigenvalue weighted by Gasteiger charge is 1.98. The van der Waals surface area contributed by atoms with E-state index in [-0.39, 0.29) is 11.6 Å². The lowest BCUT2D eigenvalue weighted by molar-refractivity contribution is 0.627. The van der Waals surface area contributed by atoms with E-state index in [1.54, 1.807) is 24.3 Å². The molecule has 142 valence electrons. The SMILES string of the molecule is Fc1ccc(C#Cc2ccc(C#Cc3ccc(-c4ccc(F)cc4)cc3)cc2)cc1. The summed E-state index contributed by atoms with van der Waals surface area (Å²) in [6, 6.07) is 28.1. The van der Waals surface area contributed by atoms with Gasteiger partial charge in [-0.1, -0.05) is 47.9 Å². The lowest BCUT2D eigenvalue weighted by Gasteiger charge is -2.01. The zero-order valence-corrected chi connectivity index (χ0v) is 16.0. The average Bonchev–Trinajstić information content (AvgIpc) is 2.79. The van der Waals surface area contributed by atoms with Gasteiger partial charge in [0.2, 0.25) is 0 Å². The van der Waals surface area contributed by atoms with E-state index in [2.05, 4.69) is 23.7 Å². The Balaban J connectivity index is 1.44. The molecule has 0 aliphatic rings. The molecule has 0 aromatic heterocycles. The molecule has 0 aliphatic carbocycles. The standard InChI is InChI=1S/C28H16F2/c29-27-17-11-24(12-18-27)8-6-22-3-1-21(2-4-22)5-7-23-9-13-25(14-10-23)26-15-19-28(30)20-16-26/h1-4,9-20H. The zero-order chi connectivity index (χ0) is 20.8. The molecule has 4 aromatic carbocycles. The van der Waals surface area contributed by atoms with E-state index in [4.69, 9.17) is 0 Å². The fraction of sp³-hybridized carbons (Fsp3) is 0. The van der Waals surface area contributed by atoms with E-state index in [1.165, 1.54) is 24.3 Å². The minimum Gasteiger partial charge on any atom is -0.207 e. The Morgan fingerprint density at radius 1 is 0.333 bits per heavy atom. The van der Waals surface area contributed by atoms with Crippen molar-refractivity contribution in [2.45, 2.75) is 0 Å². The molecule has 0 saturated heterocycles. The molecule has 4 aromatic rings. The summed E-state index contributed by atoms with van der Waals surface area (Å²) < 4.78 is 26.0. The molecule has 0 spiro atoms. The van der Waals surface area contributed by atoms with Crippen LogP contribution in [0.5, 0.6) is 0 Å². The summed E-state index contributed by atoms with van der Waals surface area (Å²) in [4.78, 5) is 0. The molecule has 0 nitrogen and oxygen atoms in total. The molecule has 0 aliphatic heterocycles. The van der Waals surface area contributed by atoms with Crippen LogP contribution in [-0.2, 0) is 0 Å². The van der Waals surface area contributed by atoms with E-state index >= 15 is 0 Å². The molecule has 0 unspecified atom stereocenters. The third kappa shape index (κ3) is 5.02. The maximum absolute atomic E-state index is 13.0. The van der Waals surface area contributed by atoms with Crippen molar-refractivity contribution in [2.24, 2.45) is 0 Å². The molecule has 0 bridgehead atoms. The molecule has 0 saturated carbocycles. The molecule has 0 amide bonds. The molecule has 2 heteroatoms. The van der Waals surface area contributed by atoms with Crippen LogP contribution in [0.2, 0.25) is 0 Å². The number of rotatable bonds is 1. The van der Waals surface area contributed by atoms with Crippen LogP contribution in [0.1, 0.15) is 22.3 Å². The van der Waals surface area contributed by atoms with Crippen LogP contribution >= 0.6 is 0 Å². The van der Waals surface area contributed by atoms with Crippen LogP contribution in [0.4, 0.5) is 8.78 Å². The summed E-state index contributed by atoms with van der Waals surface area (Å²) in [6.07, 6.45) is 0. The largest absolute Gasteiger partial charge is 0.207 e. The van der Waals surface area contributed by atoms with Gasteiger partial charge in [0.15, 0.2) is 0 Å². The van der Waals surface area contributed by atoms with E-state index < -0.39 is 0 Å². The van der Waals surface area contributed by atoms with Crippen LogP contribution < -0.4 is 0 Å². The highest BCUT2D eigenvalue weighted by atomic mass is 19.1. The minimum atomic E-state index is -0.270. The van der Waals surface area contributed by atoms with Gasteiger partial charge >= 0.3 is 0 Å². The second-order valence-electron chi connectivity index (χ2n) is 6.67. The number of halogens is 2. The van der Waals surface area contributed by atoms with Crippen molar-refractivity contribution < 1.29 is 8.78 Å². The molecule has 0 atom stereocenters. The van der Waals surface area contributed by atoms with E-state index in [0.717, 1.165) is 33.4 Å². The summed E-state index contributed by atoms with van der Waals surface area (Å²) in [5.74, 6) is 11.9. The first-order valence-corrected chi connectivity index (χ1v) is 9.41. The Morgan fingerprint density at radius 2 is 0.567 bits per heavy atom. The third-order valence-electron chi connectivity index (χ3n) is 4.49. The molecule has 0 heterocycles. The lowest BCUT2D eigenvalue weighted by Crippen LogP contribution is -1.81. The average molecular weight is 390 g/mol. The highest BCUT2D eigenvalue weighted by molar-refractivity contribution is 5.64. The summed E-state index contributed by atoms with van der Waals surface area (Å²) in [6.45, 7) is 0. The highest BCUT2D eigenvalue weighted by Crippen LogP contribution is 2.20. The Bertz CT molecular complexity index is 1260. The molecular formula is C28H16F2. The Morgan fingerprint density at radius 3 is 0.933 bits per heavy atom. The molecule has 4 rings (SSSR count). The van der Waals surface area contributed by atoms with Crippen molar-refractivity contribution in [2.75, 3.05) is 0 Å². The minimum absolute atomic E-state index is 0.242. The Hall–Kier alpha value is -4.14. The van der Waals surface area contributed by atoms with Gasteiger partial charge in [-0.3, -0.25) is 0 Å². The fourth-order valence-corrected chi connectivity index (χ4v) is 2.85. The maximum Gasteiger partial charge on any atom is 0.123 e. The van der Waals surface area contributed by atoms with Gasteiger partial charge in [-0.05, 0) is 83.9 Å². The second kappa shape index (κ2) is 8.91. The number of hydrogen-bond donors (Lipinski definition) is 0. The fourth-order valence-electron chi connectivity index (χ4n) is 2.85. The quantitative estimate of drug-likeness (QED) is 0.329. The summed E-state index contributed by atoms with van der Waals surface area (Å²) in [5.41, 5.74) is 5.42. The van der Waals surface area contributed by atoms with Crippen molar-refractivity contribution in [3.8, 4) is 34.8 Å². The predicted octanol–water partition coefficient (Wildman–Crippen LogP) is 6.43. The summed E-state index contributed by atoms with van der Waals surface area (Å²) >= 11 is 0. The van der Waals surface area contributed by atoms with Gasteiger partial charge in [0, 0.05) is 22.3 Å². The van der Waals surface area contributed by atoms with Crippen LogP contribution in [0.3, 0.4) is 0 Å². The first-order chi connectivity index (χ1) is 14.7. The first kappa shape index (κ1) is 19.2. The molecule has 0 radical (unpaired) electrons. The topological polar surface area (TPSA) is 0 Å². The van der Waals surface area contributed by atoms with Gasteiger partial charge in [-0.25, -0.2) is 8.78 Å². The molecule has 0 N–H and O–H groups in total. The van der Waals surface area contributed by atoms with Gasteiger partial charge in [0.25, 0.3) is 0 Å². The Labute approximate surface area is 174 Å². The number of benzene rings is 4. The van der Waals surface area contributed by atoms with E-state index in [9.17, 15) is 8.78 Å². The van der Waals surface area contributed by atoms with Gasteiger partial charge < -0.3 is 0 Å². The van der Waals surface area contributed by atoms with Crippen molar-refractivity contribution in [1.82, 2.24) is 0 Å². The van der Waals surface area contributed by atoms with Crippen LogP contribution in [0.25, 0.3) is 11.1 Å². The molecular weight excluding hydrogens is 374 g/mol. The predicted molar refractivity (Wildman–Crippen MR) is 117 cm³/mol. The van der Waals surface area contributed by atoms with Crippen LogP contribution in [0.15, 0.2) is 97.1 Å². The third-order valence-corrected chi connectivity index (χ3v) is 4.49. The summed E-state index contributed by atoms with van der Waals surface area (Å²) in [5, 5.41) is 0. The molecule has 30 heavy (non-hydrogen) atoms. The monoisotopic (exact) mass is 390 g/mol. The maximum atomic E-state index is 13.0. The van der Waals surface area contributed by atoms with Crippen molar-refractivity contribution in [3.05, 3.63) is 131 Å². The van der Waals surface area contributed by atoms with Gasteiger partial charge in [0.05, 0.1) is 0 Å². The van der Waals surface area contributed by atoms with Crippen molar-refractivity contribution >= 4 is 0 Å².